The van der Waals surface area contributed by atoms with Crippen LogP contribution in [0.25, 0.3) is 5.57 Å². The van der Waals surface area contributed by atoms with Gasteiger partial charge >= 0.3 is 0 Å². The summed E-state index contributed by atoms with van der Waals surface area (Å²) in [6.07, 6.45) is 18.6. The molecule has 0 bridgehead atoms. The molecule has 1 aromatic carbocycles. The van der Waals surface area contributed by atoms with Crippen molar-refractivity contribution in [2.75, 3.05) is 27.3 Å². The van der Waals surface area contributed by atoms with Crippen LogP contribution in [0.4, 0.5) is 0 Å². The van der Waals surface area contributed by atoms with Crippen LogP contribution in [-0.2, 0) is 15.9 Å². The summed E-state index contributed by atoms with van der Waals surface area (Å²) in [5, 5.41) is 0. The van der Waals surface area contributed by atoms with Gasteiger partial charge in [-0.1, -0.05) is 29.7 Å². The van der Waals surface area contributed by atoms with Gasteiger partial charge in [-0.05, 0) is 117 Å². The quantitative estimate of drug-likeness (QED) is 0.287. The van der Waals surface area contributed by atoms with Crippen LogP contribution in [0.5, 0.6) is 5.75 Å². The molecule has 4 nitrogen and oxygen atoms in total. The molecule has 1 aromatic rings. The molecule has 1 saturated heterocycles. The Balaban J connectivity index is 1.38. The summed E-state index contributed by atoms with van der Waals surface area (Å²) in [4.78, 5) is 2.52. The number of fused-ring (bicyclic) bond motifs is 1. The van der Waals surface area contributed by atoms with Gasteiger partial charge in [0.1, 0.15) is 11.4 Å². The maximum Gasteiger partial charge on any atom is 0.159 e. The molecule has 0 amide bonds. The van der Waals surface area contributed by atoms with Gasteiger partial charge in [0.2, 0.25) is 0 Å². The summed E-state index contributed by atoms with van der Waals surface area (Å²) < 4.78 is 17.2. The Labute approximate surface area is 228 Å². The first kappa shape index (κ1) is 26.6. The highest BCUT2D eigenvalue weighted by Gasteiger charge is 2.30. The fraction of sp³-hybridized carbons (Fsp3) is 0.471. The maximum absolute atomic E-state index is 6.21. The van der Waals surface area contributed by atoms with Crippen molar-refractivity contribution in [2.45, 2.75) is 64.8 Å². The fourth-order valence-corrected chi connectivity index (χ4v) is 6.24. The largest absolute Gasteiger partial charge is 0.488 e. The fourth-order valence-electron chi connectivity index (χ4n) is 6.24. The molecule has 0 aromatic heterocycles. The Hall–Kier alpha value is -3.00. The lowest BCUT2D eigenvalue weighted by Crippen LogP contribution is -2.38. The van der Waals surface area contributed by atoms with Crippen LogP contribution in [0.3, 0.4) is 0 Å². The summed E-state index contributed by atoms with van der Waals surface area (Å²) in [6, 6.07) is 6.68. The Morgan fingerprint density at radius 2 is 1.82 bits per heavy atom. The molecule has 1 fully saturated rings. The standard InChI is InChI=1S/C34H41NO3/c1-34(2,3)38-29-16-18-31-27(23-29)13-17-30(24-9-7-6-8-10-24)32(31)25-11-14-28(15-12-25)35-21-19-26(20-22-35)33(36-4)37-5/h7,9-11,14-16,18,23,25-26,33H,12-13,17,19-22H2,1-5H3. The van der Waals surface area contributed by atoms with Gasteiger partial charge in [-0.25, -0.2) is 0 Å². The average molecular weight is 512 g/mol. The monoisotopic (exact) mass is 511 g/mol. The Kier molecular flexibility index (Phi) is 7.98. The smallest absolute Gasteiger partial charge is 0.159 e. The van der Waals surface area contributed by atoms with E-state index in [1.807, 2.05) is 6.08 Å². The Morgan fingerprint density at radius 3 is 2.45 bits per heavy atom. The van der Waals surface area contributed by atoms with Gasteiger partial charge in [0.25, 0.3) is 0 Å². The Bertz CT molecular complexity index is 1260. The van der Waals surface area contributed by atoms with E-state index in [-0.39, 0.29) is 11.9 Å². The van der Waals surface area contributed by atoms with Crippen molar-refractivity contribution < 1.29 is 14.2 Å². The minimum absolute atomic E-state index is 0.101. The van der Waals surface area contributed by atoms with Gasteiger partial charge in [0.05, 0.1) is 0 Å². The zero-order chi connectivity index (χ0) is 26.7. The lowest BCUT2D eigenvalue weighted by Gasteiger charge is -2.38. The van der Waals surface area contributed by atoms with Gasteiger partial charge in [-0.3, -0.25) is 0 Å². The third-order valence-electron chi connectivity index (χ3n) is 7.97. The first-order valence-corrected chi connectivity index (χ1v) is 14.0. The molecule has 0 N–H and O–H groups in total. The molecule has 4 aliphatic rings. The highest BCUT2D eigenvalue weighted by atomic mass is 16.7. The summed E-state index contributed by atoms with van der Waals surface area (Å²) in [7, 11) is 3.48. The lowest BCUT2D eigenvalue weighted by molar-refractivity contribution is -0.145. The minimum Gasteiger partial charge on any atom is -0.488 e. The highest BCUT2D eigenvalue weighted by Crippen LogP contribution is 2.44. The van der Waals surface area contributed by atoms with E-state index < -0.39 is 0 Å². The van der Waals surface area contributed by atoms with E-state index in [2.05, 4.69) is 85.7 Å². The number of aryl methyl sites for hydroxylation is 1. The number of nitrogens with zero attached hydrogens (tertiary/aromatic N) is 1. The second kappa shape index (κ2) is 11.4. The first-order chi connectivity index (χ1) is 18.4. The van der Waals surface area contributed by atoms with Gasteiger partial charge in [-0.2, -0.15) is 0 Å². The van der Waals surface area contributed by atoms with Crippen LogP contribution in [0.2, 0.25) is 0 Å². The maximum atomic E-state index is 6.21. The zero-order valence-electron chi connectivity index (χ0n) is 23.5. The van der Waals surface area contributed by atoms with E-state index in [1.54, 1.807) is 14.2 Å². The SMILES string of the molecule is COC(OC)C1CCN(C2=CCC(C3=C(C4=CC=C=C=C4)CCc4cc(OC(C)(C)C)ccc43)C=C2)CC1. The summed E-state index contributed by atoms with van der Waals surface area (Å²) >= 11 is 0. The molecule has 1 heterocycles. The summed E-state index contributed by atoms with van der Waals surface area (Å²) in [6.45, 7) is 8.39. The normalized spacial score (nSPS) is 21.6. The predicted octanol–water partition coefficient (Wildman–Crippen LogP) is 7.16. The molecule has 1 atom stereocenters. The van der Waals surface area contributed by atoms with Crippen molar-refractivity contribution >= 4 is 5.57 Å². The van der Waals surface area contributed by atoms with E-state index in [1.165, 1.54) is 33.5 Å². The predicted molar refractivity (Wildman–Crippen MR) is 154 cm³/mol. The second-order valence-corrected chi connectivity index (χ2v) is 11.6. The van der Waals surface area contributed by atoms with Crippen LogP contribution >= 0.6 is 0 Å². The molecule has 0 radical (unpaired) electrons. The number of benzene rings is 1. The van der Waals surface area contributed by atoms with E-state index >= 15 is 0 Å². The van der Waals surface area contributed by atoms with Crippen LogP contribution in [0.15, 0.2) is 83.0 Å². The molecule has 1 unspecified atom stereocenters. The van der Waals surface area contributed by atoms with Gasteiger partial charge in [-0.15, -0.1) is 0 Å². The van der Waals surface area contributed by atoms with Crippen LogP contribution in [-0.4, -0.2) is 44.1 Å². The number of piperidine rings is 1. The number of methoxy groups -OCH3 is 2. The van der Waals surface area contributed by atoms with E-state index in [0.717, 1.165) is 50.9 Å². The molecular weight excluding hydrogens is 470 g/mol. The molecule has 200 valence electrons. The first-order valence-electron chi connectivity index (χ1n) is 14.0. The van der Waals surface area contributed by atoms with E-state index in [0.29, 0.717) is 11.8 Å². The molecule has 3 aliphatic carbocycles. The lowest BCUT2D eigenvalue weighted by atomic mass is 9.75. The summed E-state index contributed by atoms with van der Waals surface area (Å²) in [5.74, 6) is 1.76. The average Bonchev–Trinajstić information content (AvgIpc) is 2.93. The number of ether oxygens (including phenoxy) is 3. The van der Waals surface area contributed by atoms with Crippen molar-refractivity contribution in [3.05, 3.63) is 94.1 Å². The molecule has 0 spiro atoms. The van der Waals surface area contributed by atoms with Crippen molar-refractivity contribution in [3.63, 3.8) is 0 Å². The van der Waals surface area contributed by atoms with E-state index in [4.69, 9.17) is 14.2 Å². The number of allylic oxidation sites excluding steroid dienone is 9. The summed E-state index contributed by atoms with van der Waals surface area (Å²) in [5.41, 5.74) is 14.3. The van der Waals surface area contributed by atoms with Crippen molar-refractivity contribution in [1.82, 2.24) is 4.90 Å². The van der Waals surface area contributed by atoms with Gasteiger partial charge in [0.15, 0.2) is 6.29 Å². The number of hydrogen-bond acceptors (Lipinski definition) is 4. The highest BCUT2D eigenvalue weighted by molar-refractivity contribution is 5.81. The molecule has 5 rings (SSSR count). The Morgan fingerprint density at radius 1 is 1.03 bits per heavy atom. The third kappa shape index (κ3) is 5.85. The van der Waals surface area contributed by atoms with Gasteiger partial charge < -0.3 is 19.1 Å². The van der Waals surface area contributed by atoms with Crippen LogP contribution < -0.4 is 4.74 Å². The van der Waals surface area contributed by atoms with Crippen molar-refractivity contribution in [2.24, 2.45) is 11.8 Å². The number of rotatable bonds is 7. The van der Waals surface area contributed by atoms with Crippen LogP contribution in [0, 0.1) is 11.8 Å². The topological polar surface area (TPSA) is 30.9 Å². The minimum atomic E-state index is -0.209. The van der Waals surface area contributed by atoms with Crippen molar-refractivity contribution in [1.29, 1.82) is 0 Å². The van der Waals surface area contributed by atoms with Crippen molar-refractivity contribution in [3.8, 4) is 5.75 Å². The van der Waals surface area contributed by atoms with Gasteiger partial charge in [0, 0.05) is 44.8 Å². The number of hydrogen-bond donors (Lipinski definition) is 0. The zero-order valence-corrected chi connectivity index (χ0v) is 23.5. The molecule has 0 saturated carbocycles. The third-order valence-corrected chi connectivity index (χ3v) is 7.97. The van der Waals surface area contributed by atoms with E-state index in [9.17, 15) is 0 Å². The molecule has 4 heteroatoms. The number of likely N-dealkylation sites (tertiary alicyclic amines) is 1. The molecular formula is C34H41NO3. The molecule has 1 aliphatic heterocycles. The van der Waals surface area contributed by atoms with Crippen LogP contribution in [0.1, 0.15) is 57.6 Å². The molecule has 38 heavy (non-hydrogen) atoms. The second-order valence-electron chi connectivity index (χ2n) is 11.6.